The highest BCUT2D eigenvalue weighted by atomic mass is 16.4. The SMILES string of the molecule is Cc1ccc(-n2ccc(C)c(C(=O)O)c2=O)cc1. The number of pyridine rings is 1. The molecule has 0 fully saturated rings. The molecular formula is C14H13NO3. The molecule has 4 nitrogen and oxygen atoms in total. The average molecular weight is 243 g/mol. The predicted molar refractivity (Wildman–Crippen MR) is 68.5 cm³/mol. The molecule has 1 aromatic heterocycles. The van der Waals surface area contributed by atoms with Crippen molar-refractivity contribution in [2.75, 3.05) is 0 Å². The molecule has 0 aliphatic heterocycles. The molecule has 0 unspecified atom stereocenters. The number of carbonyl (C=O) groups is 1. The summed E-state index contributed by atoms with van der Waals surface area (Å²) in [6.07, 6.45) is 1.59. The van der Waals surface area contributed by atoms with Crippen LogP contribution in [0, 0.1) is 13.8 Å². The number of aromatic nitrogens is 1. The molecule has 92 valence electrons. The topological polar surface area (TPSA) is 59.3 Å². The first-order chi connectivity index (χ1) is 8.50. The maximum Gasteiger partial charge on any atom is 0.341 e. The Morgan fingerprint density at radius 2 is 1.72 bits per heavy atom. The minimum absolute atomic E-state index is 0.182. The summed E-state index contributed by atoms with van der Waals surface area (Å²) >= 11 is 0. The van der Waals surface area contributed by atoms with E-state index in [2.05, 4.69) is 0 Å². The third-order valence-corrected chi connectivity index (χ3v) is 2.83. The molecule has 4 heteroatoms. The Labute approximate surface area is 104 Å². The summed E-state index contributed by atoms with van der Waals surface area (Å²) in [5.41, 5.74) is 1.52. The zero-order valence-corrected chi connectivity index (χ0v) is 10.2. The summed E-state index contributed by atoms with van der Waals surface area (Å²) in [5, 5.41) is 9.05. The van der Waals surface area contributed by atoms with Crippen molar-refractivity contribution in [3.63, 3.8) is 0 Å². The molecule has 1 heterocycles. The number of aryl methyl sites for hydroxylation is 2. The van der Waals surface area contributed by atoms with Crippen LogP contribution in [0.5, 0.6) is 0 Å². The van der Waals surface area contributed by atoms with Crippen LogP contribution >= 0.6 is 0 Å². The van der Waals surface area contributed by atoms with Crippen LogP contribution in [0.1, 0.15) is 21.5 Å². The molecule has 0 atom stereocenters. The summed E-state index contributed by atoms with van der Waals surface area (Å²) in [5.74, 6) is -1.20. The minimum atomic E-state index is -1.20. The third-order valence-electron chi connectivity index (χ3n) is 2.83. The summed E-state index contributed by atoms with van der Waals surface area (Å²) in [4.78, 5) is 23.2. The molecule has 0 bridgehead atoms. The van der Waals surface area contributed by atoms with Gasteiger partial charge in [0.2, 0.25) is 0 Å². The first-order valence-electron chi connectivity index (χ1n) is 5.53. The zero-order chi connectivity index (χ0) is 13.3. The first kappa shape index (κ1) is 12.1. The second-order valence-electron chi connectivity index (χ2n) is 4.19. The molecule has 0 spiro atoms. The lowest BCUT2D eigenvalue weighted by molar-refractivity contribution is 0.0694. The van der Waals surface area contributed by atoms with Gasteiger partial charge in [0.1, 0.15) is 5.56 Å². The van der Waals surface area contributed by atoms with E-state index in [-0.39, 0.29) is 5.56 Å². The predicted octanol–water partition coefficient (Wildman–Crippen LogP) is 2.15. The van der Waals surface area contributed by atoms with Gasteiger partial charge in [-0.3, -0.25) is 9.36 Å². The van der Waals surface area contributed by atoms with Crippen molar-refractivity contribution in [1.29, 1.82) is 0 Å². The lowest BCUT2D eigenvalue weighted by Gasteiger charge is -2.08. The Bertz CT molecular complexity index is 654. The molecule has 18 heavy (non-hydrogen) atoms. The quantitative estimate of drug-likeness (QED) is 0.879. The maximum absolute atomic E-state index is 12.1. The Morgan fingerprint density at radius 3 is 2.28 bits per heavy atom. The van der Waals surface area contributed by atoms with Gasteiger partial charge in [-0.05, 0) is 37.6 Å². The van der Waals surface area contributed by atoms with E-state index in [0.29, 0.717) is 11.3 Å². The Kier molecular flexibility index (Phi) is 3.02. The van der Waals surface area contributed by atoms with Gasteiger partial charge >= 0.3 is 5.97 Å². The molecule has 0 amide bonds. The first-order valence-corrected chi connectivity index (χ1v) is 5.53. The lowest BCUT2D eigenvalue weighted by atomic mass is 10.1. The van der Waals surface area contributed by atoms with Gasteiger partial charge in [0.05, 0.1) is 0 Å². The lowest BCUT2D eigenvalue weighted by Crippen LogP contribution is -2.25. The number of hydrogen-bond acceptors (Lipinski definition) is 2. The van der Waals surface area contributed by atoms with Crippen molar-refractivity contribution in [2.45, 2.75) is 13.8 Å². The van der Waals surface area contributed by atoms with Crippen molar-refractivity contribution in [2.24, 2.45) is 0 Å². The van der Waals surface area contributed by atoms with Gasteiger partial charge in [-0.1, -0.05) is 17.7 Å². The molecular weight excluding hydrogens is 230 g/mol. The second-order valence-corrected chi connectivity index (χ2v) is 4.19. The number of benzene rings is 1. The molecule has 1 aromatic carbocycles. The van der Waals surface area contributed by atoms with Crippen molar-refractivity contribution in [3.8, 4) is 5.69 Å². The molecule has 2 aromatic rings. The zero-order valence-electron chi connectivity index (χ0n) is 10.2. The van der Waals surface area contributed by atoms with E-state index >= 15 is 0 Å². The van der Waals surface area contributed by atoms with Crippen LogP contribution in [-0.2, 0) is 0 Å². The van der Waals surface area contributed by atoms with E-state index < -0.39 is 11.5 Å². The van der Waals surface area contributed by atoms with Crippen LogP contribution in [0.2, 0.25) is 0 Å². The van der Waals surface area contributed by atoms with Gasteiger partial charge in [0.15, 0.2) is 0 Å². The van der Waals surface area contributed by atoms with Crippen LogP contribution in [0.3, 0.4) is 0 Å². The highest BCUT2D eigenvalue weighted by molar-refractivity contribution is 5.88. The number of nitrogens with zero attached hydrogens (tertiary/aromatic N) is 1. The van der Waals surface area contributed by atoms with Crippen LogP contribution in [0.4, 0.5) is 0 Å². The van der Waals surface area contributed by atoms with Crippen LogP contribution in [0.25, 0.3) is 5.69 Å². The van der Waals surface area contributed by atoms with Gasteiger partial charge in [-0.25, -0.2) is 4.79 Å². The fourth-order valence-corrected chi connectivity index (χ4v) is 1.80. The van der Waals surface area contributed by atoms with Gasteiger partial charge in [-0.2, -0.15) is 0 Å². The van der Waals surface area contributed by atoms with E-state index in [4.69, 9.17) is 5.11 Å². The second kappa shape index (κ2) is 4.49. The maximum atomic E-state index is 12.1. The Hall–Kier alpha value is -2.36. The largest absolute Gasteiger partial charge is 0.477 e. The average Bonchev–Trinajstić information content (AvgIpc) is 2.30. The molecule has 1 N–H and O–H groups in total. The number of carboxylic acids is 1. The minimum Gasteiger partial charge on any atom is -0.477 e. The van der Waals surface area contributed by atoms with E-state index in [0.717, 1.165) is 5.56 Å². The number of hydrogen-bond donors (Lipinski definition) is 1. The van der Waals surface area contributed by atoms with Crippen LogP contribution in [0.15, 0.2) is 41.3 Å². The van der Waals surface area contributed by atoms with E-state index in [1.807, 2.05) is 19.1 Å². The highest BCUT2D eigenvalue weighted by Crippen LogP contribution is 2.09. The summed E-state index contributed by atoms with van der Waals surface area (Å²) < 4.78 is 1.34. The Balaban J connectivity index is 2.67. The summed E-state index contributed by atoms with van der Waals surface area (Å²) in [6, 6.07) is 8.96. The fourth-order valence-electron chi connectivity index (χ4n) is 1.80. The fraction of sp³-hybridized carbons (Fsp3) is 0.143. The summed E-state index contributed by atoms with van der Waals surface area (Å²) in [7, 11) is 0. The van der Waals surface area contributed by atoms with Crippen molar-refractivity contribution < 1.29 is 9.90 Å². The van der Waals surface area contributed by atoms with Crippen molar-refractivity contribution in [3.05, 3.63) is 63.6 Å². The number of aromatic carboxylic acids is 1. The van der Waals surface area contributed by atoms with E-state index in [1.54, 1.807) is 31.3 Å². The molecule has 0 saturated carbocycles. The number of carboxylic acid groups (broad SMARTS) is 1. The van der Waals surface area contributed by atoms with Crippen LogP contribution in [-0.4, -0.2) is 15.6 Å². The molecule has 0 aliphatic carbocycles. The summed E-state index contributed by atoms with van der Waals surface area (Å²) in [6.45, 7) is 3.56. The van der Waals surface area contributed by atoms with Gasteiger partial charge in [0, 0.05) is 11.9 Å². The highest BCUT2D eigenvalue weighted by Gasteiger charge is 2.14. The standard InChI is InChI=1S/C14H13NO3/c1-9-3-5-11(6-4-9)15-8-7-10(2)12(13(15)16)14(17)18/h3-8H,1-2H3,(H,17,18). The number of rotatable bonds is 2. The van der Waals surface area contributed by atoms with Crippen LogP contribution < -0.4 is 5.56 Å². The van der Waals surface area contributed by atoms with Crippen molar-refractivity contribution in [1.82, 2.24) is 4.57 Å². The van der Waals surface area contributed by atoms with Crippen molar-refractivity contribution >= 4 is 5.97 Å². The normalized spacial score (nSPS) is 10.3. The molecule has 2 rings (SSSR count). The van der Waals surface area contributed by atoms with E-state index in [1.165, 1.54) is 4.57 Å². The molecule has 0 radical (unpaired) electrons. The molecule has 0 aliphatic rings. The Morgan fingerprint density at radius 1 is 1.11 bits per heavy atom. The van der Waals surface area contributed by atoms with Gasteiger partial charge < -0.3 is 5.11 Å². The van der Waals surface area contributed by atoms with Gasteiger partial charge in [0.25, 0.3) is 5.56 Å². The molecule has 0 saturated heterocycles. The smallest absolute Gasteiger partial charge is 0.341 e. The third kappa shape index (κ3) is 2.05. The van der Waals surface area contributed by atoms with Gasteiger partial charge in [-0.15, -0.1) is 0 Å². The van der Waals surface area contributed by atoms with E-state index in [9.17, 15) is 9.59 Å². The monoisotopic (exact) mass is 243 g/mol.